The average molecular weight is 499 g/mol. The highest BCUT2D eigenvalue weighted by Gasteiger charge is 2.30. The molecule has 184 valence electrons. The van der Waals surface area contributed by atoms with Crippen LogP contribution in [0.3, 0.4) is 0 Å². The number of piperidine rings is 1. The second-order valence-electron chi connectivity index (χ2n) is 7.89. The predicted molar refractivity (Wildman–Crippen MR) is 118 cm³/mol. The minimum absolute atomic E-state index is 0.0220. The van der Waals surface area contributed by atoms with E-state index in [1.54, 1.807) is 12.1 Å². The molecule has 0 saturated carbocycles. The van der Waals surface area contributed by atoms with Gasteiger partial charge in [0.25, 0.3) is 5.91 Å². The van der Waals surface area contributed by atoms with E-state index in [-0.39, 0.29) is 17.0 Å². The minimum Gasteiger partial charge on any atom is -0.456 e. The number of amides is 1. The lowest BCUT2D eigenvalue weighted by Crippen LogP contribution is -2.35. The fraction of sp³-hybridized carbons (Fsp3) is 0.391. The molecule has 0 radical (unpaired) electrons. The van der Waals surface area contributed by atoms with E-state index >= 15 is 0 Å². The third-order valence-corrected chi connectivity index (χ3v) is 7.27. The standard InChI is InChI=1S/C23H25F3N2O5S/c24-23(25,26)18-7-9-19(10-8-18)27-21(29)16-33-22(30)13-6-17-4-11-20(12-5-17)34(31,32)28-14-2-1-3-15-28/h4-5,7-12H,1-3,6,13-16H2,(H,27,29). The van der Waals surface area contributed by atoms with Crippen molar-refractivity contribution in [2.75, 3.05) is 25.0 Å². The van der Waals surface area contributed by atoms with Crippen LogP contribution in [-0.2, 0) is 36.9 Å². The third kappa shape index (κ3) is 7.04. The highest BCUT2D eigenvalue weighted by Crippen LogP contribution is 2.29. The zero-order valence-electron chi connectivity index (χ0n) is 18.3. The summed E-state index contributed by atoms with van der Waals surface area (Å²) in [6.45, 7) is 0.456. The van der Waals surface area contributed by atoms with Gasteiger partial charge in [-0.2, -0.15) is 17.5 Å². The number of benzene rings is 2. The maximum Gasteiger partial charge on any atom is 0.416 e. The zero-order valence-corrected chi connectivity index (χ0v) is 19.1. The van der Waals surface area contributed by atoms with E-state index in [4.69, 9.17) is 4.74 Å². The molecule has 3 rings (SSSR count). The van der Waals surface area contributed by atoms with E-state index < -0.39 is 40.2 Å². The number of alkyl halides is 3. The van der Waals surface area contributed by atoms with Crippen molar-refractivity contribution in [3.8, 4) is 0 Å². The Labute approximate surface area is 196 Å². The molecule has 1 saturated heterocycles. The molecule has 0 aliphatic carbocycles. The molecule has 0 unspecified atom stereocenters. The van der Waals surface area contributed by atoms with Crippen LogP contribution in [0.5, 0.6) is 0 Å². The monoisotopic (exact) mass is 498 g/mol. The van der Waals surface area contributed by atoms with Crippen LogP contribution in [0.25, 0.3) is 0 Å². The number of halogens is 3. The molecule has 11 heteroatoms. The first-order valence-electron chi connectivity index (χ1n) is 10.8. The van der Waals surface area contributed by atoms with Crippen molar-refractivity contribution in [1.29, 1.82) is 0 Å². The number of carbonyl (C=O) groups excluding carboxylic acids is 2. The molecule has 34 heavy (non-hydrogen) atoms. The fourth-order valence-electron chi connectivity index (χ4n) is 3.49. The summed E-state index contributed by atoms with van der Waals surface area (Å²) in [4.78, 5) is 24.0. The largest absolute Gasteiger partial charge is 0.456 e. The number of carbonyl (C=O) groups is 2. The zero-order chi connectivity index (χ0) is 24.8. The van der Waals surface area contributed by atoms with Gasteiger partial charge in [0.05, 0.1) is 10.5 Å². The summed E-state index contributed by atoms with van der Waals surface area (Å²) >= 11 is 0. The molecule has 1 heterocycles. The quantitative estimate of drug-likeness (QED) is 0.556. The maximum absolute atomic E-state index is 12.7. The first kappa shape index (κ1) is 25.7. The van der Waals surface area contributed by atoms with Gasteiger partial charge in [-0.05, 0) is 61.2 Å². The van der Waals surface area contributed by atoms with Gasteiger partial charge >= 0.3 is 12.1 Å². The van der Waals surface area contributed by atoms with Crippen LogP contribution < -0.4 is 5.32 Å². The van der Waals surface area contributed by atoms with Gasteiger partial charge in [0, 0.05) is 25.2 Å². The van der Waals surface area contributed by atoms with Crippen molar-refractivity contribution in [2.45, 2.75) is 43.2 Å². The lowest BCUT2D eigenvalue weighted by atomic mass is 10.1. The lowest BCUT2D eigenvalue weighted by Gasteiger charge is -2.25. The van der Waals surface area contributed by atoms with E-state index in [1.807, 2.05) is 0 Å². The summed E-state index contributed by atoms with van der Waals surface area (Å²) in [5, 5.41) is 2.35. The minimum atomic E-state index is -4.47. The van der Waals surface area contributed by atoms with Gasteiger partial charge in [0.1, 0.15) is 0 Å². The summed E-state index contributed by atoms with van der Waals surface area (Å²) in [5.74, 6) is -1.31. The number of sulfonamides is 1. The average Bonchev–Trinajstić information content (AvgIpc) is 2.82. The molecule has 1 fully saturated rings. The predicted octanol–water partition coefficient (Wildman–Crippen LogP) is 3.99. The summed E-state index contributed by atoms with van der Waals surface area (Å²) in [6.07, 6.45) is -1.48. The smallest absolute Gasteiger partial charge is 0.416 e. The lowest BCUT2D eigenvalue weighted by molar-refractivity contribution is -0.147. The molecular formula is C23H25F3N2O5S. The van der Waals surface area contributed by atoms with Crippen molar-refractivity contribution < 1.29 is 35.9 Å². The molecule has 0 bridgehead atoms. The SMILES string of the molecule is O=C(COC(=O)CCc1ccc(S(=O)(=O)N2CCCCC2)cc1)Nc1ccc(C(F)(F)F)cc1. The Morgan fingerprint density at radius 1 is 0.941 bits per heavy atom. The molecule has 2 aromatic carbocycles. The van der Waals surface area contributed by atoms with E-state index in [0.717, 1.165) is 49.1 Å². The molecule has 7 nitrogen and oxygen atoms in total. The summed E-state index contributed by atoms with van der Waals surface area (Å²) in [7, 11) is -3.52. The fourth-order valence-corrected chi connectivity index (χ4v) is 5.00. The van der Waals surface area contributed by atoms with Crippen molar-refractivity contribution >= 4 is 27.6 Å². The Morgan fingerprint density at radius 3 is 2.15 bits per heavy atom. The topological polar surface area (TPSA) is 92.8 Å². The van der Waals surface area contributed by atoms with E-state index in [2.05, 4.69) is 5.32 Å². The second kappa shape index (κ2) is 11.0. The Hall–Kier alpha value is -2.92. The molecule has 2 aromatic rings. The van der Waals surface area contributed by atoms with Crippen LogP contribution in [0.2, 0.25) is 0 Å². The van der Waals surface area contributed by atoms with Crippen molar-refractivity contribution in [2.24, 2.45) is 0 Å². The summed E-state index contributed by atoms with van der Waals surface area (Å²) in [6, 6.07) is 10.2. The van der Waals surface area contributed by atoms with Crippen molar-refractivity contribution in [3.63, 3.8) is 0 Å². The van der Waals surface area contributed by atoms with Crippen molar-refractivity contribution in [3.05, 3.63) is 59.7 Å². The van der Waals surface area contributed by atoms with Crippen LogP contribution in [0.1, 0.15) is 36.8 Å². The highest BCUT2D eigenvalue weighted by molar-refractivity contribution is 7.89. The Balaban J connectivity index is 1.42. The van der Waals surface area contributed by atoms with Gasteiger partial charge in [-0.15, -0.1) is 0 Å². The molecule has 1 N–H and O–H groups in total. The number of hydrogen-bond donors (Lipinski definition) is 1. The van der Waals surface area contributed by atoms with E-state index in [9.17, 15) is 31.2 Å². The number of hydrogen-bond acceptors (Lipinski definition) is 5. The third-order valence-electron chi connectivity index (χ3n) is 5.35. The molecular weight excluding hydrogens is 473 g/mol. The maximum atomic E-state index is 12.7. The molecule has 0 spiro atoms. The van der Waals surface area contributed by atoms with Gasteiger partial charge in [0.15, 0.2) is 6.61 Å². The number of rotatable bonds is 8. The van der Waals surface area contributed by atoms with Crippen LogP contribution in [0.15, 0.2) is 53.4 Å². The van der Waals surface area contributed by atoms with Crippen LogP contribution in [0.4, 0.5) is 18.9 Å². The van der Waals surface area contributed by atoms with Gasteiger partial charge in [-0.25, -0.2) is 8.42 Å². The highest BCUT2D eigenvalue weighted by atomic mass is 32.2. The van der Waals surface area contributed by atoms with Crippen LogP contribution in [-0.4, -0.2) is 44.3 Å². The Bertz CT molecular complexity index is 1090. The van der Waals surface area contributed by atoms with Gasteiger partial charge in [0.2, 0.25) is 10.0 Å². The molecule has 0 aromatic heterocycles. The number of aryl methyl sites for hydroxylation is 1. The molecule has 0 atom stereocenters. The number of anilines is 1. The van der Waals surface area contributed by atoms with Gasteiger partial charge < -0.3 is 10.1 Å². The van der Waals surface area contributed by atoms with E-state index in [0.29, 0.717) is 19.5 Å². The Kier molecular flexibility index (Phi) is 8.32. The normalized spacial score (nSPS) is 15.0. The first-order chi connectivity index (χ1) is 16.1. The Morgan fingerprint density at radius 2 is 1.56 bits per heavy atom. The number of nitrogens with zero attached hydrogens (tertiary/aromatic N) is 1. The molecule has 1 aliphatic heterocycles. The number of ether oxygens (including phenoxy) is 1. The second-order valence-corrected chi connectivity index (χ2v) is 9.83. The summed E-state index contributed by atoms with van der Waals surface area (Å²) < 4.78 is 69.4. The molecule has 1 aliphatic rings. The summed E-state index contributed by atoms with van der Waals surface area (Å²) in [5.41, 5.74) is 0.0476. The van der Waals surface area contributed by atoms with Gasteiger partial charge in [-0.3, -0.25) is 9.59 Å². The first-order valence-corrected chi connectivity index (χ1v) is 12.2. The van der Waals surface area contributed by atoms with E-state index in [1.165, 1.54) is 16.4 Å². The van der Waals surface area contributed by atoms with Crippen molar-refractivity contribution in [1.82, 2.24) is 4.31 Å². The number of esters is 1. The number of nitrogens with one attached hydrogen (secondary N) is 1. The van der Waals surface area contributed by atoms with Crippen LogP contribution in [0, 0.1) is 0 Å². The van der Waals surface area contributed by atoms with Crippen LogP contribution >= 0.6 is 0 Å². The molecule has 1 amide bonds. The van der Waals surface area contributed by atoms with Gasteiger partial charge in [-0.1, -0.05) is 18.6 Å².